The average Bonchev–Trinajstić information content (AvgIpc) is 3.68. The van der Waals surface area contributed by atoms with Crippen LogP contribution in [0.5, 0.6) is 5.75 Å². The molecular weight excluding hydrogens is 460 g/mol. The largest absolute Gasteiger partial charge is 0.485 e. The van der Waals surface area contributed by atoms with Gasteiger partial charge in [-0.2, -0.15) is 5.21 Å². The number of nitrogens with one attached hydrogen (secondary N) is 1. The Morgan fingerprint density at radius 1 is 1.28 bits per heavy atom. The van der Waals surface area contributed by atoms with Crippen molar-refractivity contribution in [1.82, 2.24) is 30.4 Å². The molecule has 4 aromatic rings. The summed E-state index contributed by atoms with van der Waals surface area (Å²) >= 11 is 0. The predicted molar refractivity (Wildman–Crippen MR) is 132 cm³/mol. The van der Waals surface area contributed by atoms with Gasteiger partial charge in [0.05, 0.1) is 31.1 Å². The first-order chi connectivity index (χ1) is 17.6. The highest BCUT2D eigenvalue weighted by atomic mass is 16.5. The Bertz CT molecular complexity index is 1290. The molecule has 0 saturated carbocycles. The van der Waals surface area contributed by atoms with E-state index in [4.69, 9.17) is 13.9 Å². The number of ether oxygens (including phenoxy) is 2. The van der Waals surface area contributed by atoms with Crippen molar-refractivity contribution in [2.24, 2.45) is 0 Å². The van der Waals surface area contributed by atoms with Crippen LogP contribution < -0.4 is 4.74 Å². The van der Waals surface area contributed by atoms with Gasteiger partial charge in [-0.1, -0.05) is 35.5 Å². The highest BCUT2D eigenvalue weighted by molar-refractivity contribution is 5.89. The quantitative estimate of drug-likeness (QED) is 0.361. The van der Waals surface area contributed by atoms with Crippen molar-refractivity contribution in [3.05, 3.63) is 71.9 Å². The molecule has 5 rings (SSSR count). The number of amides is 1. The molecule has 1 amide bonds. The third-order valence-electron chi connectivity index (χ3n) is 6.81. The summed E-state index contributed by atoms with van der Waals surface area (Å²) in [5.41, 5.74) is 1.95. The molecule has 1 saturated heterocycles. The number of benzene rings is 2. The SMILES string of the molecule is CO[C@H]1CCN(C[C@H](c2cccc(OCc3nn[nH]n3)c2)N(C)C(=O)Cc2cccc3cocc23)C1. The minimum absolute atomic E-state index is 0.0364. The van der Waals surface area contributed by atoms with Crippen LogP contribution >= 0.6 is 0 Å². The van der Waals surface area contributed by atoms with Crippen molar-refractivity contribution in [2.45, 2.75) is 31.6 Å². The van der Waals surface area contributed by atoms with Crippen LogP contribution in [0.4, 0.5) is 0 Å². The number of fused-ring (bicyclic) bond motifs is 1. The number of furan rings is 1. The van der Waals surface area contributed by atoms with Gasteiger partial charge in [0.1, 0.15) is 5.75 Å². The fourth-order valence-corrected chi connectivity index (χ4v) is 4.72. The standard InChI is InChI=1S/C26H30N6O4/c1-31(26(33)12-18-5-3-7-20-15-35-16-23(18)20)24(14-32-10-9-22(13-32)34-2)19-6-4-8-21(11-19)36-17-25-27-29-30-28-25/h3-8,11,15-16,22,24H,9-10,12-14,17H2,1-2H3,(H,27,28,29,30)/t22-,24+/m0/s1. The minimum Gasteiger partial charge on any atom is -0.485 e. The van der Waals surface area contributed by atoms with Gasteiger partial charge < -0.3 is 18.8 Å². The zero-order valence-electron chi connectivity index (χ0n) is 20.5. The highest BCUT2D eigenvalue weighted by Gasteiger charge is 2.29. The Balaban J connectivity index is 1.36. The van der Waals surface area contributed by atoms with Crippen molar-refractivity contribution in [1.29, 1.82) is 0 Å². The molecule has 1 fully saturated rings. The summed E-state index contributed by atoms with van der Waals surface area (Å²) < 4.78 is 16.8. The van der Waals surface area contributed by atoms with E-state index in [1.165, 1.54) is 0 Å². The van der Waals surface area contributed by atoms with Crippen LogP contribution in [0.1, 0.15) is 29.4 Å². The number of aromatic nitrogens is 4. The summed E-state index contributed by atoms with van der Waals surface area (Å²) in [6.45, 7) is 2.68. The van der Waals surface area contributed by atoms with Crippen molar-refractivity contribution in [2.75, 3.05) is 33.8 Å². The van der Waals surface area contributed by atoms with Crippen LogP contribution in [-0.4, -0.2) is 76.2 Å². The van der Waals surface area contributed by atoms with Gasteiger partial charge in [0.25, 0.3) is 0 Å². The van der Waals surface area contributed by atoms with Crippen LogP contribution in [0.25, 0.3) is 10.8 Å². The van der Waals surface area contributed by atoms with Crippen LogP contribution in [-0.2, 0) is 22.6 Å². The van der Waals surface area contributed by atoms with Crippen LogP contribution in [0.3, 0.4) is 0 Å². The first-order valence-corrected chi connectivity index (χ1v) is 12.0. The lowest BCUT2D eigenvalue weighted by atomic mass is 10.0. The molecule has 2 atom stereocenters. The number of hydrogen-bond acceptors (Lipinski definition) is 8. The maximum Gasteiger partial charge on any atom is 0.227 e. The normalized spacial score (nSPS) is 16.9. The Hall–Kier alpha value is -3.76. The third kappa shape index (κ3) is 5.39. The van der Waals surface area contributed by atoms with Gasteiger partial charge in [0.2, 0.25) is 11.7 Å². The molecule has 0 spiro atoms. The predicted octanol–water partition coefficient (Wildman–Crippen LogP) is 2.99. The summed E-state index contributed by atoms with van der Waals surface area (Å²) in [7, 11) is 3.63. The van der Waals surface area contributed by atoms with Gasteiger partial charge in [0, 0.05) is 44.6 Å². The molecule has 3 heterocycles. The average molecular weight is 491 g/mol. The second-order valence-electron chi connectivity index (χ2n) is 9.08. The smallest absolute Gasteiger partial charge is 0.227 e. The summed E-state index contributed by atoms with van der Waals surface area (Å²) in [5.74, 6) is 1.19. The fraction of sp³-hybridized carbons (Fsp3) is 0.385. The van der Waals surface area contributed by atoms with Crippen molar-refractivity contribution in [3.63, 3.8) is 0 Å². The lowest BCUT2D eigenvalue weighted by molar-refractivity contribution is -0.131. The van der Waals surface area contributed by atoms with E-state index in [2.05, 4.69) is 25.5 Å². The zero-order chi connectivity index (χ0) is 24.9. The molecule has 1 aliphatic heterocycles. The molecule has 0 unspecified atom stereocenters. The summed E-state index contributed by atoms with van der Waals surface area (Å²) in [6.07, 6.45) is 4.90. The molecular formula is C26H30N6O4. The second kappa shape index (κ2) is 10.9. The molecule has 2 aromatic heterocycles. The molecule has 36 heavy (non-hydrogen) atoms. The van der Waals surface area contributed by atoms with Gasteiger partial charge in [0.15, 0.2) is 6.61 Å². The van der Waals surface area contributed by atoms with Crippen LogP contribution in [0, 0.1) is 0 Å². The molecule has 1 aliphatic rings. The Morgan fingerprint density at radius 2 is 2.17 bits per heavy atom. The van der Waals surface area contributed by atoms with E-state index >= 15 is 0 Å². The number of rotatable bonds is 10. The van der Waals surface area contributed by atoms with Crippen molar-refractivity contribution in [3.8, 4) is 5.75 Å². The molecule has 0 aliphatic carbocycles. The first-order valence-electron chi connectivity index (χ1n) is 12.0. The topological polar surface area (TPSA) is 110 Å². The number of hydrogen-bond donors (Lipinski definition) is 1. The van der Waals surface area contributed by atoms with Gasteiger partial charge in [-0.15, -0.1) is 10.2 Å². The van der Waals surface area contributed by atoms with E-state index in [0.29, 0.717) is 24.5 Å². The summed E-state index contributed by atoms with van der Waals surface area (Å²) in [5, 5.41) is 15.8. The number of carbonyl (C=O) groups excluding carboxylic acids is 1. The van der Waals surface area contributed by atoms with E-state index < -0.39 is 0 Å². The molecule has 10 nitrogen and oxygen atoms in total. The van der Waals surface area contributed by atoms with Gasteiger partial charge >= 0.3 is 0 Å². The number of tetrazole rings is 1. The molecule has 188 valence electrons. The zero-order valence-corrected chi connectivity index (χ0v) is 20.5. The number of H-pyrrole nitrogens is 1. The highest BCUT2D eigenvalue weighted by Crippen LogP contribution is 2.28. The molecule has 10 heteroatoms. The van der Waals surface area contributed by atoms with E-state index in [9.17, 15) is 4.79 Å². The van der Waals surface area contributed by atoms with Gasteiger partial charge in [-0.25, -0.2) is 0 Å². The van der Waals surface area contributed by atoms with Crippen LogP contribution in [0.15, 0.2) is 59.4 Å². The van der Waals surface area contributed by atoms with E-state index in [1.807, 2.05) is 54.4 Å². The number of likely N-dealkylation sites (N-methyl/N-ethyl adjacent to an activating group) is 1. The summed E-state index contributed by atoms with van der Waals surface area (Å²) in [4.78, 5) is 17.7. The maximum absolute atomic E-state index is 13.5. The molecule has 2 aromatic carbocycles. The second-order valence-corrected chi connectivity index (χ2v) is 9.08. The van der Waals surface area contributed by atoms with Crippen LogP contribution in [0.2, 0.25) is 0 Å². The van der Waals surface area contributed by atoms with Gasteiger partial charge in [-0.05, 0) is 29.7 Å². The number of aromatic amines is 1. The Morgan fingerprint density at radius 3 is 2.97 bits per heavy atom. The molecule has 0 radical (unpaired) electrons. The molecule has 1 N–H and O–H groups in total. The monoisotopic (exact) mass is 490 g/mol. The maximum atomic E-state index is 13.5. The number of carbonyl (C=O) groups is 1. The lowest BCUT2D eigenvalue weighted by Gasteiger charge is -2.32. The fourth-order valence-electron chi connectivity index (χ4n) is 4.72. The van der Waals surface area contributed by atoms with E-state index in [0.717, 1.165) is 41.4 Å². The lowest BCUT2D eigenvalue weighted by Crippen LogP contribution is -2.39. The van der Waals surface area contributed by atoms with Crippen molar-refractivity contribution >= 4 is 16.7 Å². The van der Waals surface area contributed by atoms with E-state index in [1.54, 1.807) is 19.6 Å². The summed E-state index contributed by atoms with van der Waals surface area (Å²) in [6, 6.07) is 13.6. The Labute approximate surface area is 209 Å². The molecule has 0 bridgehead atoms. The minimum atomic E-state index is -0.162. The van der Waals surface area contributed by atoms with E-state index in [-0.39, 0.29) is 24.7 Å². The van der Waals surface area contributed by atoms with Crippen molar-refractivity contribution < 1.29 is 18.7 Å². The first kappa shape index (κ1) is 24.0. The third-order valence-corrected chi connectivity index (χ3v) is 6.81. The number of nitrogens with zero attached hydrogens (tertiary/aromatic N) is 5. The van der Waals surface area contributed by atoms with Gasteiger partial charge in [-0.3, -0.25) is 9.69 Å². The number of methoxy groups -OCH3 is 1. The Kier molecular flexibility index (Phi) is 7.24. The number of likely N-dealkylation sites (tertiary alicyclic amines) is 1.